The first-order valence-electron chi connectivity index (χ1n) is 6.60. The molecule has 6 nitrogen and oxygen atoms in total. The highest BCUT2D eigenvalue weighted by atomic mass is 16.5. The van der Waals surface area contributed by atoms with E-state index in [0.29, 0.717) is 22.6 Å². The molecule has 108 valence electrons. The van der Waals surface area contributed by atoms with Crippen LogP contribution in [0.15, 0.2) is 23.0 Å². The molecule has 0 amide bonds. The Kier molecular flexibility index (Phi) is 3.01. The van der Waals surface area contributed by atoms with E-state index in [4.69, 9.17) is 4.74 Å². The number of benzene rings is 1. The molecule has 3 aromatic rings. The summed E-state index contributed by atoms with van der Waals surface area (Å²) in [5, 5.41) is 4.25. The first-order valence-corrected chi connectivity index (χ1v) is 6.60. The predicted octanol–water partition coefficient (Wildman–Crippen LogP) is 1.95. The van der Waals surface area contributed by atoms with Crippen molar-refractivity contribution in [2.75, 3.05) is 7.11 Å². The lowest BCUT2D eigenvalue weighted by molar-refractivity contribution is 0.416. The van der Waals surface area contributed by atoms with Gasteiger partial charge in [0.15, 0.2) is 5.52 Å². The summed E-state index contributed by atoms with van der Waals surface area (Å²) in [6.07, 6.45) is 0. The largest absolute Gasteiger partial charge is 0.496 e. The number of hydrogen-bond donors (Lipinski definition) is 1. The Balaban J connectivity index is 2.34. The summed E-state index contributed by atoms with van der Waals surface area (Å²) in [7, 11) is 3.33. The fourth-order valence-corrected chi connectivity index (χ4v) is 2.48. The number of aryl methyl sites for hydroxylation is 3. The molecule has 0 fully saturated rings. The summed E-state index contributed by atoms with van der Waals surface area (Å²) in [5.74, 6) is 1.16. The molecule has 0 saturated carbocycles. The number of ether oxygens (including phenoxy) is 1. The van der Waals surface area contributed by atoms with Crippen molar-refractivity contribution < 1.29 is 4.74 Å². The SMILES string of the molecule is COc1ccc(C)cc1-c1nc2c(C)nn(C)c2c(=O)[nH]1. The molecule has 0 atom stereocenters. The van der Waals surface area contributed by atoms with Gasteiger partial charge >= 0.3 is 0 Å². The van der Waals surface area contributed by atoms with Crippen molar-refractivity contribution in [3.8, 4) is 17.1 Å². The molecule has 1 aromatic carbocycles. The molecule has 1 N–H and O–H groups in total. The van der Waals surface area contributed by atoms with Crippen LogP contribution >= 0.6 is 0 Å². The van der Waals surface area contributed by atoms with Gasteiger partial charge in [-0.15, -0.1) is 0 Å². The van der Waals surface area contributed by atoms with Crippen LogP contribution in [0.25, 0.3) is 22.4 Å². The van der Waals surface area contributed by atoms with Crippen molar-refractivity contribution in [3.05, 3.63) is 39.8 Å². The molecule has 3 rings (SSSR count). The average molecular weight is 284 g/mol. The monoisotopic (exact) mass is 284 g/mol. The standard InChI is InChI=1S/C15H16N4O2/c1-8-5-6-11(21-4)10(7-8)14-16-12-9(2)18-19(3)13(12)15(20)17-14/h5-7H,1-4H3,(H,16,17,20). The van der Waals surface area contributed by atoms with Crippen LogP contribution in [0.4, 0.5) is 0 Å². The molecule has 21 heavy (non-hydrogen) atoms. The number of nitrogens with zero attached hydrogens (tertiary/aromatic N) is 3. The second-order valence-corrected chi connectivity index (χ2v) is 5.02. The summed E-state index contributed by atoms with van der Waals surface area (Å²) in [6.45, 7) is 3.82. The minimum atomic E-state index is -0.207. The van der Waals surface area contributed by atoms with Gasteiger partial charge in [-0.05, 0) is 26.0 Å². The van der Waals surface area contributed by atoms with E-state index < -0.39 is 0 Å². The molecule has 0 saturated heterocycles. The number of fused-ring (bicyclic) bond motifs is 1. The molecule has 0 unspecified atom stereocenters. The molecule has 6 heteroatoms. The molecular formula is C15H16N4O2. The zero-order valence-electron chi connectivity index (χ0n) is 12.4. The average Bonchev–Trinajstić information content (AvgIpc) is 2.74. The van der Waals surface area contributed by atoms with E-state index in [1.807, 2.05) is 32.0 Å². The van der Waals surface area contributed by atoms with E-state index in [1.54, 1.807) is 18.8 Å². The molecule has 0 spiro atoms. The molecule has 0 aliphatic heterocycles. The van der Waals surface area contributed by atoms with Crippen molar-refractivity contribution in [2.24, 2.45) is 7.05 Å². The van der Waals surface area contributed by atoms with Gasteiger partial charge in [0.1, 0.15) is 17.1 Å². The number of nitrogens with one attached hydrogen (secondary N) is 1. The first kappa shape index (κ1) is 13.4. The van der Waals surface area contributed by atoms with Crippen molar-refractivity contribution in [1.82, 2.24) is 19.7 Å². The zero-order valence-corrected chi connectivity index (χ0v) is 12.4. The highest BCUT2D eigenvalue weighted by Gasteiger charge is 2.15. The highest BCUT2D eigenvalue weighted by molar-refractivity contribution is 5.79. The number of rotatable bonds is 2. The quantitative estimate of drug-likeness (QED) is 0.780. The third-order valence-corrected chi connectivity index (χ3v) is 3.47. The summed E-state index contributed by atoms with van der Waals surface area (Å²) in [6, 6.07) is 5.76. The minimum absolute atomic E-state index is 0.207. The van der Waals surface area contributed by atoms with Crippen LogP contribution < -0.4 is 10.3 Å². The van der Waals surface area contributed by atoms with E-state index in [-0.39, 0.29) is 5.56 Å². The number of aromatic amines is 1. The highest BCUT2D eigenvalue weighted by Crippen LogP contribution is 2.28. The van der Waals surface area contributed by atoms with Crippen molar-refractivity contribution in [1.29, 1.82) is 0 Å². The van der Waals surface area contributed by atoms with Crippen LogP contribution in [-0.2, 0) is 7.05 Å². The smallest absolute Gasteiger partial charge is 0.277 e. The number of aromatic nitrogens is 4. The lowest BCUT2D eigenvalue weighted by Crippen LogP contribution is -2.12. The van der Waals surface area contributed by atoms with Gasteiger partial charge in [-0.2, -0.15) is 5.10 Å². The number of hydrogen-bond acceptors (Lipinski definition) is 4. The summed E-state index contributed by atoms with van der Waals surface area (Å²) < 4.78 is 6.91. The van der Waals surface area contributed by atoms with Crippen LogP contribution in [0.5, 0.6) is 5.75 Å². The molecule has 2 aromatic heterocycles. The Bertz CT molecular complexity index is 893. The van der Waals surface area contributed by atoms with Gasteiger partial charge in [-0.25, -0.2) is 4.98 Å². The topological polar surface area (TPSA) is 72.8 Å². The summed E-state index contributed by atoms with van der Waals surface area (Å²) in [5.41, 5.74) is 3.44. The van der Waals surface area contributed by atoms with E-state index in [9.17, 15) is 4.79 Å². The Morgan fingerprint density at radius 3 is 2.76 bits per heavy atom. The zero-order chi connectivity index (χ0) is 15.1. The van der Waals surface area contributed by atoms with Gasteiger partial charge in [-0.1, -0.05) is 11.6 Å². The summed E-state index contributed by atoms with van der Waals surface area (Å²) in [4.78, 5) is 19.7. The van der Waals surface area contributed by atoms with Crippen LogP contribution in [0.1, 0.15) is 11.3 Å². The van der Waals surface area contributed by atoms with Crippen LogP contribution in [-0.4, -0.2) is 26.9 Å². The van der Waals surface area contributed by atoms with E-state index in [2.05, 4.69) is 15.1 Å². The van der Waals surface area contributed by atoms with E-state index in [1.165, 1.54) is 0 Å². The van der Waals surface area contributed by atoms with Gasteiger partial charge in [0, 0.05) is 7.05 Å². The Morgan fingerprint density at radius 1 is 1.29 bits per heavy atom. The van der Waals surface area contributed by atoms with Crippen LogP contribution in [0.3, 0.4) is 0 Å². The maximum atomic E-state index is 12.3. The Labute approximate surface area is 121 Å². The fourth-order valence-electron chi connectivity index (χ4n) is 2.48. The maximum absolute atomic E-state index is 12.3. The molecular weight excluding hydrogens is 268 g/mol. The Morgan fingerprint density at radius 2 is 2.05 bits per heavy atom. The third-order valence-electron chi connectivity index (χ3n) is 3.47. The van der Waals surface area contributed by atoms with Crippen molar-refractivity contribution in [3.63, 3.8) is 0 Å². The molecule has 0 aliphatic rings. The van der Waals surface area contributed by atoms with Gasteiger partial charge in [0.25, 0.3) is 5.56 Å². The normalized spacial score (nSPS) is 11.0. The van der Waals surface area contributed by atoms with Gasteiger partial charge < -0.3 is 9.72 Å². The van der Waals surface area contributed by atoms with E-state index >= 15 is 0 Å². The van der Waals surface area contributed by atoms with E-state index in [0.717, 1.165) is 16.8 Å². The maximum Gasteiger partial charge on any atom is 0.277 e. The van der Waals surface area contributed by atoms with Crippen LogP contribution in [0.2, 0.25) is 0 Å². The second kappa shape index (κ2) is 4.73. The Hall–Kier alpha value is -2.63. The molecule has 2 heterocycles. The lowest BCUT2D eigenvalue weighted by Gasteiger charge is -2.09. The molecule has 0 radical (unpaired) electrons. The molecule has 0 bridgehead atoms. The first-order chi connectivity index (χ1) is 10.0. The van der Waals surface area contributed by atoms with Gasteiger partial charge in [0.05, 0.1) is 18.4 Å². The van der Waals surface area contributed by atoms with Crippen LogP contribution in [0, 0.1) is 13.8 Å². The van der Waals surface area contributed by atoms with Crippen molar-refractivity contribution >= 4 is 11.0 Å². The molecule has 0 aliphatic carbocycles. The number of methoxy groups -OCH3 is 1. The second-order valence-electron chi connectivity index (χ2n) is 5.02. The van der Waals surface area contributed by atoms with Gasteiger partial charge in [-0.3, -0.25) is 9.48 Å². The predicted molar refractivity (Wildman–Crippen MR) is 80.6 cm³/mol. The number of H-pyrrole nitrogens is 1. The minimum Gasteiger partial charge on any atom is -0.496 e. The van der Waals surface area contributed by atoms with Gasteiger partial charge in [0.2, 0.25) is 0 Å². The third kappa shape index (κ3) is 2.08. The fraction of sp³-hybridized carbons (Fsp3) is 0.267. The van der Waals surface area contributed by atoms with Crippen molar-refractivity contribution in [2.45, 2.75) is 13.8 Å². The summed E-state index contributed by atoms with van der Waals surface area (Å²) >= 11 is 0. The lowest BCUT2D eigenvalue weighted by atomic mass is 10.1.